The SMILES string of the molecule is CN(Cc1nnc2ccccn12)C(=O)c1ccc2c(c1)SC1=NS(=O)(=O)CCN12. The molecular formula is C18H16N6O3S2. The van der Waals surface area contributed by atoms with Gasteiger partial charge in [0.1, 0.15) is 0 Å². The van der Waals surface area contributed by atoms with Crippen LogP contribution >= 0.6 is 11.8 Å². The van der Waals surface area contributed by atoms with E-state index in [-0.39, 0.29) is 11.7 Å². The number of rotatable bonds is 3. The predicted molar refractivity (Wildman–Crippen MR) is 110 cm³/mol. The predicted octanol–water partition coefficient (Wildman–Crippen LogP) is 1.61. The number of fused-ring (bicyclic) bond motifs is 4. The molecule has 148 valence electrons. The lowest BCUT2D eigenvalue weighted by Gasteiger charge is -2.22. The Kier molecular flexibility index (Phi) is 4.10. The molecule has 2 aliphatic heterocycles. The molecule has 0 aliphatic carbocycles. The van der Waals surface area contributed by atoms with Crippen LogP contribution in [-0.4, -0.2) is 58.3 Å². The molecule has 29 heavy (non-hydrogen) atoms. The smallest absolute Gasteiger partial charge is 0.257 e. The second-order valence-electron chi connectivity index (χ2n) is 6.80. The van der Waals surface area contributed by atoms with E-state index in [1.54, 1.807) is 24.1 Å². The molecule has 0 saturated heterocycles. The zero-order valence-corrected chi connectivity index (χ0v) is 17.0. The summed E-state index contributed by atoms with van der Waals surface area (Å²) in [5.74, 6) is 0.510. The van der Waals surface area contributed by atoms with Crippen LogP contribution in [0.1, 0.15) is 16.2 Å². The fourth-order valence-electron chi connectivity index (χ4n) is 3.37. The second-order valence-corrected chi connectivity index (χ2v) is 9.57. The van der Waals surface area contributed by atoms with Gasteiger partial charge in [0.15, 0.2) is 16.6 Å². The van der Waals surface area contributed by atoms with Crippen molar-refractivity contribution in [1.82, 2.24) is 19.5 Å². The first kappa shape index (κ1) is 18.1. The highest BCUT2D eigenvalue weighted by atomic mass is 32.2. The molecule has 0 atom stereocenters. The Labute approximate surface area is 171 Å². The minimum absolute atomic E-state index is 0.00771. The van der Waals surface area contributed by atoms with Gasteiger partial charge < -0.3 is 9.80 Å². The van der Waals surface area contributed by atoms with E-state index in [4.69, 9.17) is 0 Å². The number of carbonyl (C=O) groups is 1. The number of carbonyl (C=O) groups excluding carboxylic acids is 1. The summed E-state index contributed by atoms with van der Waals surface area (Å²) in [4.78, 5) is 17.2. The van der Waals surface area contributed by atoms with Crippen molar-refractivity contribution >= 4 is 44.2 Å². The number of hydrogen-bond donors (Lipinski definition) is 0. The van der Waals surface area contributed by atoms with Gasteiger partial charge >= 0.3 is 0 Å². The second kappa shape index (κ2) is 6.56. The van der Waals surface area contributed by atoms with Crippen LogP contribution in [-0.2, 0) is 16.6 Å². The Morgan fingerprint density at radius 1 is 1.24 bits per heavy atom. The summed E-state index contributed by atoms with van der Waals surface area (Å²) >= 11 is 1.27. The van der Waals surface area contributed by atoms with Crippen molar-refractivity contribution < 1.29 is 13.2 Å². The van der Waals surface area contributed by atoms with Gasteiger partial charge in [0, 0.05) is 30.2 Å². The number of benzene rings is 1. The van der Waals surface area contributed by atoms with Crippen molar-refractivity contribution in [2.75, 3.05) is 24.2 Å². The Hall–Kier alpha value is -2.92. The number of hydrogen-bond acceptors (Lipinski definition) is 7. The van der Waals surface area contributed by atoms with Gasteiger partial charge in [-0.05, 0) is 42.1 Å². The fraction of sp³-hybridized carbons (Fsp3) is 0.222. The minimum atomic E-state index is -3.41. The minimum Gasteiger partial charge on any atom is -0.334 e. The molecule has 1 amide bonds. The van der Waals surface area contributed by atoms with Crippen molar-refractivity contribution in [2.24, 2.45) is 4.40 Å². The summed E-state index contributed by atoms with van der Waals surface area (Å²) in [5.41, 5.74) is 2.13. The van der Waals surface area contributed by atoms with Gasteiger partial charge in [-0.2, -0.15) is 0 Å². The van der Waals surface area contributed by atoms with Crippen LogP contribution in [0.5, 0.6) is 0 Å². The van der Waals surface area contributed by atoms with Gasteiger partial charge in [0.05, 0.1) is 18.0 Å². The molecule has 0 saturated carbocycles. The van der Waals surface area contributed by atoms with Crippen LogP contribution in [0.25, 0.3) is 5.65 Å². The summed E-state index contributed by atoms with van der Waals surface area (Å²) < 4.78 is 29.2. The van der Waals surface area contributed by atoms with Crippen molar-refractivity contribution in [2.45, 2.75) is 11.4 Å². The maximum Gasteiger partial charge on any atom is 0.257 e. The molecule has 9 nitrogen and oxygen atoms in total. The van der Waals surface area contributed by atoms with Crippen molar-refractivity contribution in [3.63, 3.8) is 0 Å². The Balaban J connectivity index is 1.39. The van der Waals surface area contributed by atoms with Crippen LogP contribution in [0.2, 0.25) is 0 Å². The number of thioether (sulfide) groups is 1. The lowest BCUT2D eigenvalue weighted by Crippen LogP contribution is -2.35. The molecule has 11 heteroatoms. The number of amides is 1. The highest BCUT2D eigenvalue weighted by molar-refractivity contribution is 8.15. The standard InChI is InChI=1S/C18H16N6O3S2/c1-22(11-16-20-19-15-4-2-3-7-24(15)16)17(25)12-5-6-13-14(10-12)28-18-21-29(26,27)9-8-23(13)18/h2-7,10H,8-9,11H2,1H3. The van der Waals surface area contributed by atoms with Gasteiger partial charge in [0.25, 0.3) is 15.9 Å². The molecule has 3 aromatic rings. The van der Waals surface area contributed by atoms with E-state index in [2.05, 4.69) is 14.6 Å². The third-order valence-corrected chi connectivity index (χ3v) is 7.14. The molecule has 0 spiro atoms. The lowest BCUT2D eigenvalue weighted by atomic mass is 10.1. The molecular weight excluding hydrogens is 412 g/mol. The van der Waals surface area contributed by atoms with Crippen LogP contribution in [0.3, 0.4) is 0 Å². The van der Waals surface area contributed by atoms with E-state index in [9.17, 15) is 13.2 Å². The molecule has 0 N–H and O–H groups in total. The monoisotopic (exact) mass is 428 g/mol. The van der Waals surface area contributed by atoms with Crippen LogP contribution < -0.4 is 4.90 Å². The number of aromatic nitrogens is 3. The van der Waals surface area contributed by atoms with E-state index >= 15 is 0 Å². The number of sulfonamides is 1. The normalized spacial score (nSPS) is 17.0. The van der Waals surface area contributed by atoms with Gasteiger partial charge in [-0.15, -0.1) is 14.6 Å². The zero-order valence-electron chi connectivity index (χ0n) is 15.4. The molecule has 2 aromatic heterocycles. The third kappa shape index (κ3) is 3.15. The number of pyridine rings is 1. The summed E-state index contributed by atoms with van der Waals surface area (Å²) in [6.07, 6.45) is 1.86. The fourth-order valence-corrected chi connectivity index (χ4v) is 5.66. The van der Waals surface area contributed by atoms with Crippen LogP contribution in [0.15, 0.2) is 51.9 Å². The van der Waals surface area contributed by atoms with Gasteiger partial charge in [-0.1, -0.05) is 6.07 Å². The number of anilines is 1. The van der Waals surface area contributed by atoms with Crippen LogP contribution in [0.4, 0.5) is 5.69 Å². The molecule has 4 heterocycles. The maximum absolute atomic E-state index is 12.9. The molecule has 5 rings (SSSR count). The summed E-state index contributed by atoms with van der Waals surface area (Å²) in [5, 5.41) is 8.72. The van der Waals surface area contributed by atoms with Crippen molar-refractivity contribution in [3.8, 4) is 0 Å². The average Bonchev–Trinajstić information content (AvgIpc) is 3.26. The highest BCUT2D eigenvalue weighted by Crippen LogP contribution is 2.42. The van der Waals surface area contributed by atoms with E-state index in [1.807, 2.05) is 39.8 Å². The van der Waals surface area contributed by atoms with Gasteiger partial charge in [0.2, 0.25) is 0 Å². The molecule has 0 fully saturated rings. The summed E-state index contributed by atoms with van der Waals surface area (Å²) in [6.45, 7) is 0.680. The van der Waals surface area contributed by atoms with Crippen molar-refractivity contribution in [1.29, 1.82) is 0 Å². The summed E-state index contributed by atoms with van der Waals surface area (Å²) in [7, 11) is -1.69. The average molecular weight is 428 g/mol. The Morgan fingerprint density at radius 2 is 2.10 bits per heavy atom. The van der Waals surface area contributed by atoms with E-state index < -0.39 is 10.0 Å². The van der Waals surface area contributed by atoms with E-state index in [1.165, 1.54) is 11.8 Å². The molecule has 1 aromatic carbocycles. The molecule has 2 aliphatic rings. The molecule has 0 radical (unpaired) electrons. The van der Waals surface area contributed by atoms with Crippen molar-refractivity contribution in [3.05, 3.63) is 54.0 Å². The Bertz CT molecular complexity index is 1280. The first-order chi connectivity index (χ1) is 13.9. The highest BCUT2D eigenvalue weighted by Gasteiger charge is 2.33. The Morgan fingerprint density at radius 3 is 2.97 bits per heavy atom. The first-order valence-electron chi connectivity index (χ1n) is 8.87. The largest absolute Gasteiger partial charge is 0.334 e. The lowest BCUT2D eigenvalue weighted by molar-refractivity contribution is 0.0781. The topological polar surface area (TPSA) is 100 Å². The molecule has 0 unspecified atom stereocenters. The quantitative estimate of drug-likeness (QED) is 0.625. The van der Waals surface area contributed by atoms with Crippen LogP contribution in [0, 0.1) is 0 Å². The van der Waals surface area contributed by atoms with E-state index in [0.29, 0.717) is 29.6 Å². The maximum atomic E-state index is 12.9. The number of amidine groups is 1. The molecule has 0 bridgehead atoms. The summed E-state index contributed by atoms with van der Waals surface area (Å²) in [6, 6.07) is 11.0. The third-order valence-electron chi connectivity index (χ3n) is 4.83. The van der Waals surface area contributed by atoms with E-state index in [0.717, 1.165) is 16.2 Å². The van der Waals surface area contributed by atoms with Gasteiger partial charge in [-0.25, -0.2) is 8.42 Å². The number of nitrogens with zero attached hydrogens (tertiary/aromatic N) is 6. The zero-order chi connectivity index (χ0) is 20.2. The first-order valence-corrected chi connectivity index (χ1v) is 11.3. The van der Waals surface area contributed by atoms with Gasteiger partial charge in [-0.3, -0.25) is 9.20 Å².